The van der Waals surface area contributed by atoms with Gasteiger partial charge in [-0.2, -0.15) is 5.26 Å². The first-order chi connectivity index (χ1) is 15.5. The maximum absolute atomic E-state index is 13.1. The van der Waals surface area contributed by atoms with Crippen LogP contribution in [0, 0.1) is 18.3 Å². The Bertz CT molecular complexity index is 1010. The van der Waals surface area contributed by atoms with Crippen LogP contribution in [0.25, 0.3) is 0 Å². The van der Waals surface area contributed by atoms with Crippen LogP contribution >= 0.6 is 0 Å². The molecule has 2 aromatic carbocycles. The summed E-state index contributed by atoms with van der Waals surface area (Å²) < 4.78 is 0. The van der Waals surface area contributed by atoms with E-state index in [2.05, 4.69) is 22.0 Å². The van der Waals surface area contributed by atoms with Crippen LogP contribution in [-0.2, 0) is 0 Å². The van der Waals surface area contributed by atoms with Crippen LogP contribution in [0.4, 0.5) is 10.5 Å². The van der Waals surface area contributed by atoms with Crippen molar-refractivity contribution in [3.05, 3.63) is 64.7 Å². The van der Waals surface area contributed by atoms with Crippen molar-refractivity contribution in [2.45, 2.75) is 38.1 Å². The van der Waals surface area contributed by atoms with Gasteiger partial charge in [0.25, 0.3) is 5.91 Å². The Kier molecular flexibility index (Phi) is 6.72. The molecule has 2 heterocycles. The zero-order chi connectivity index (χ0) is 22.5. The molecule has 2 fully saturated rings. The first-order valence-corrected chi connectivity index (χ1v) is 11.2. The van der Waals surface area contributed by atoms with Gasteiger partial charge >= 0.3 is 6.03 Å². The fourth-order valence-electron chi connectivity index (χ4n) is 4.44. The third-order valence-electron chi connectivity index (χ3n) is 6.42. The summed E-state index contributed by atoms with van der Waals surface area (Å²) in [4.78, 5) is 27.3. The monoisotopic (exact) mass is 431 g/mol. The molecule has 0 bridgehead atoms. The van der Waals surface area contributed by atoms with E-state index in [1.54, 1.807) is 6.07 Å². The highest BCUT2D eigenvalue weighted by molar-refractivity contribution is 5.97. The van der Waals surface area contributed by atoms with Crippen LogP contribution in [0.15, 0.2) is 42.5 Å². The Morgan fingerprint density at radius 3 is 2.50 bits per heavy atom. The van der Waals surface area contributed by atoms with Gasteiger partial charge in [0.05, 0.1) is 11.6 Å². The van der Waals surface area contributed by atoms with Gasteiger partial charge in [-0.15, -0.1) is 0 Å². The number of anilines is 1. The van der Waals surface area contributed by atoms with Gasteiger partial charge in [-0.1, -0.05) is 18.2 Å². The van der Waals surface area contributed by atoms with E-state index in [0.29, 0.717) is 35.8 Å². The lowest BCUT2D eigenvalue weighted by molar-refractivity contribution is 0.0713. The van der Waals surface area contributed by atoms with E-state index >= 15 is 0 Å². The van der Waals surface area contributed by atoms with Crippen molar-refractivity contribution in [3.63, 3.8) is 0 Å². The van der Waals surface area contributed by atoms with Crippen molar-refractivity contribution in [2.24, 2.45) is 0 Å². The molecule has 166 valence electrons. The van der Waals surface area contributed by atoms with Crippen LogP contribution in [0.5, 0.6) is 0 Å². The Morgan fingerprint density at radius 2 is 1.84 bits per heavy atom. The predicted molar refractivity (Wildman–Crippen MR) is 124 cm³/mol. The SMILES string of the molecule is Cc1ccc(C(=O)N2CCC(c3ccc(C#N)cc3)CC2)cc1NC(=O)N[C@@H]1CCNC1. The second-order valence-electron chi connectivity index (χ2n) is 8.62. The molecular formula is C25H29N5O2. The van der Waals surface area contributed by atoms with Crippen LogP contribution in [0.1, 0.15) is 52.2 Å². The molecule has 2 aliphatic heterocycles. The second-order valence-corrected chi connectivity index (χ2v) is 8.62. The maximum atomic E-state index is 13.1. The molecule has 0 unspecified atom stereocenters. The average Bonchev–Trinajstić information content (AvgIpc) is 3.33. The summed E-state index contributed by atoms with van der Waals surface area (Å²) in [5.74, 6) is 0.391. The number of carbonyl (C=O) groups excluding carboxylic acids is 2. The number of nitriles is 1. The van der Waals surface area contributed by atoms with Crippen molar-refractivity contribution >= 4 is 17.6 Å². The first-order valence-electron chi connectivity index (χ1n) is 11.2. The van der Waals surface area contributed by atoms with Crippen LogP contribution in [0.3, 0.4) is 0 Å². The van der Waals surface area contributed by atoms with Gasteiger partial charge in [0.1, 0.15) is 0 Å². The molecule has 3 amide bonds. The molecule has 4 rings (SSSR count). The number of nitrogens with zero attached hydrogens (tertiary/aromatic N) is 2. The van der Waals surface area contributed by atoms with Gasteiger partial charge < -0.3 is 20.9 Å². The van der Waals surface area contributed by atoms with Gasteiger partial charge in [0.15, 0.2) is 0 Å². The van der Waals surface area contributed by atoms with E-state index in [1.165, 1.54) is 5.56 Å². The minimum Gasteiger partial charge on any atom is -0.339 e. The molecule has 2 aromatic rings. The molecule has 0 radical (unpaired) electrons. The van der Waals surface area contributed by atoms with Gasteiger partial charge in [0, 0.05) is 36.9 Å². The highest BCUT2D eigenvalue weighted by atomic mass is 16.2. The van der Waals surface area contributed by atoms with Gasteiger partial charge in [-0.3, -0.25) is 4.79 Å². The van der Waals surface area contributed by atoms with Crippen molar-refractivity contribution in [1.82, 2.24) is 15.5 Å². The number of piperidine rings is 1. The number of hydrogen-bond donors (Lipinski definition) is 3. The van der Waals surface area contributed by atoms with E-state index in [-0.39, 0.29) is 18.0 Å². The molecule has 0 aliphatic carbocycles. The Morgan fingerprint density at radius 1 is 1.09 bits per heavy atom. The Labute approximate surface area is 188 Å². The third kappa shape index (κ3) is 5.09. The summed E-state index contributed by atoms with van der Waals surface area (Å²) in [6.07, 6.45) is 2.71. The van der Waals surface area contributed by atoms with Crippen molar-refractivity contribution in [1.29, 1.82) is 5.26 Å². The molecule has 2 saturated heterocycles. The summed E-state index contributed by atoms with van der Waals surface area (Å²) in [5, 5.41) is 18.1. The fourth-order valence-corrected chi connectivity index (χ4v) is 4.44. The number of hydrogen-bond acceptors (Lipinski definition) is 4. The second kappa shape index (κ2) is 9.84. The summed E-state index contributed by atoms with van der Waals surface area (Å²) in [6.45, 7) is 4.99. The molecule has 1 atom stereocenters. The molecule has 0 spiro atoms. The van der Waals surface area contributed by atoms with Crippen molar-refractivity contribution in [2.75, 3.05) is 31.5 Å². The van der Waals surface area contributed by atoms with E-state index in [0.717, 1.165) is 37.9 Å². The lowest BCUT2D eigenvalue weighted by atomic mass is 9.89. The molecule has 0 saturated carbocycles. The highest BCUT2D eigenvalue weighted by Crippen LogP contribution is 2.29. The van der Waals surface area contributed by atoms with E-state index in [1.807, 2.05) is 48.2 Å². The van der Waals surface area contributed by atoms with Gasteiger partial charge in [0.2, 0.25) is 0 Å². The zero-order valence-corrected chi connectivity index (χ0v) is 18.4. The minimum absolute atomic E-state index is 0.00766. The highest BCUT2D eigenvalue weighted by Gasteiger charge is 2.25. The smallest absolute Gasteiger partial charge is 0.319 e. The van der Waals surface area contributed by atoms with Crippen LogP contribution < -0.4 is 16.0 Å². The normalized spacial score (nSPS) is 18.8. The largest absolute Gasteiger partial charge is 0.339 e. The molecular weight excluding hydrogens is 402 g/mol. The topological polar surface area (TPSA) is 97.3 Å². The molecule has 7 heteroatoms. The molecule has 3 N–H and O–H groups in total. The molecule has 2 aliphatic rings. The molecule has 7 nitrogen and oxygen atoms in total. The van der Waals surface area contributed by atoms with E-state index < -0.39 is 0 Å². The standard InChI is InChI=1S/C25H29N5O2/c1-17-2-5-21(14-23(17)29-25(32)28-22-8-11-27-16-22)24(31)30-12-9-20(10-13-30)19-6-3-18(15-26)4-7-19/h2-7,14,20,22,27H,8-13,16H2,1H3,(H2,28,29,32)/t22-/m1/s1. The number of urea groups is 1. The Hall–Kier alpha value is -3.37. The minimum atomic E-state index is -0.241. The lowest BCUT2D eigenvalue weighted by Gasteiger charge is -2.32. The quantitative estimate of drug-likeness (QED) is 0.691. The summed E-state index contributed by atoms with van der Waals surface area (Å²) in [6, 6.07) is 15.3. The van der Waals surface area contributed by atoms with Gasteiger partial charge in [-0.05, 0) is 74.0 Å². The number of rotatable bonds is 4. The number of likely N-dealkylation sites (tertiary alicyclic amines) is 1. The fraction of sp³-hybridized carbons (Fsp3) is 0.400. The van der Waals surface area contributed by atoms with E-state index in [9.17, 15) is 9.59 Å². The lowest BCUT2D eigenvalue weighted by Crippen LogP contribution is -2.39. The molecule has 32 heavy (non-hydrogen) atoms. The zero-order valence-electron chi connectivity index (χ0n) is 18.4. The number of amides is 3. The third-order valence-corrected chi connectivity index (χ3v) is 6.42. The van der Waals surface area contributed by atoms with Crippen molar-refractivity contribution < 1.29 is 9.59 Å². The number of nitrogens with one attached hydrogen (secondary N) is 3. The van der Waals surface area contributed by atoms with Gasteiger partial charge in [-0.25, -0.2) is 4.79 Å². The summed E-state index contributed by atoms with van der Waals surface area (Å²) in [7, 11) is 0. The van der Waals surface area contributed by atoms with E-state index in [4.69, 9.17) is 5.26 Å². The maximum Gasteiger partial charge on any atom is 0.319 e. The first kappa shape index (κ1) is 21.8. The van der Waals surface area contributed by atoms with Crippen LogP contribution in [0.2, 0.25) is 0 Å². The number of benzene rings is 2. The summed E-state index contributed by atoms with van der Waals surface area (Å²) in [5.41, 5.74) is 4.05. The summed E-state index contributed by atoms with van der Waals surface area (Å²) >= 11 is 0. The predicted octanol–water partition coefficient (Wildman–Crippen LogP) is 3.37. The number of aryl methyl sites for hydroxylation is 1. The van der Waals surface area contributed by atoms with Crippen molar-refractivity contribution in [3.8, 4) is 6.07 Å². The average molecular weight is 432 g/mol. The van der Waals surface area contributed by atoms with Crippen LogP contribution in [-0.4, -0.2) is 49.1 Å². The number of carbonyl (C=O) groups is 2. The Balaban J connectivity index is 1.36. The molecule has 0 aromatic heterocycles.